The van der Waals surface area contributed by atoms with E-state index in [1.807, 2.05) is 6.07 Å². The van der Waals surface area contributed by atoms with Gasteiger partial charge in [-0.1, -0.05) is 39.7 Å². The summed E-state index contributed by atoms with van der Waals surface area (Å²) in [5.41, 5.74) is 6.80. The van der Waals surface area contributed by atoms with Gasteiger partial charge in [-0.2, -0.15) is 0 Å². The quantitative estimate of drug-likeness (QED) is 0.635. The maximum atomic E-state index is 11.1. The van der Waals surface area contributed by atoms with E-state index in [4.69, 9.17) is 22.1 Å². The van der Waals surface area contributed by atoms with Crippen LogP contribution in [0.1, 0.15) is 11.1 Å². The van der Waals surface area contributed by atoms with Crippen LogP contribution < -0.4 is 10.5 Å². The zero-order valence-electron chi connectivity index (χ0n) is 10.9. The van der Waals surface area contributed by atoms with E-state index >= 15 is 0 Å². The first-order valence-electron chi connectivity index (χ1n) is 6.05. The van der Waals surface area contributed by atoms with E-state index in [2.05, 4.69) is 15.9 Å². The van der Waals surface area contributed by atoms with Crippen molar-refractivity contribution in [2.24, 2.45) is 5.73 Å². The van der Waals surface area contributed by atoms with Crippen LogP contribution in [0.5, 0.6) is 5.75 Å². The van der Waals surface area contributed by atoms with Gasteiger partial charge in [-0.25, -0.2) is 0 Å². The van der Waals surface area contributed by atoms with Crippen LogP contribution in [-0.4, -0.2) is 4.92 Å². The second-order valence-electron chi connectivity index (χ2n) is 4.29. The number of nitro benzene ring substituents is 1. The van der Waals surface area contributed by atoms with Crippen molar-refractivity contribution >= 4 is 33.2 Å². The van der Waals surface area contributed by atoms with Crippen LogP contribution in [0.2, 0.25) is 5.02 Å². The third-order valence-electron chi connectivity index (χ3n) is 2.85. The summed E-state index contributed by atoms with van der Waals surface area (Å²) in [6.07, 6.45) is 0. The first-order valence-corrected chi connectivity index (χ1v) is 7.22. The Morgan fingerprint density at radius 2 is 2.05 bits per heavy atom. The summed E-state index contributed by atoms with van der Waals surface area (Å²) in [7, 11) is 0. The second kappa shape index (κ2) is 6.89. The van der Waals surface area contributed by atoms with Gasteiger partial charge >= 0.3 is 5.69 Å². The van der Waals surface area contributed by atoms with E-state index in [1.165, 1.54) is 6.07 Å². The third kappa shape index (κ3) is 3.93. The number of benzene rings is 2. The molecule has 0 radical (unpaired) electrons. The van der Waals surface area contributed by atoms with E-state index in [9.17, 15) is 10.1 Å². The summed E-state index contributed by atoms with van der Waals surface area (Å²) in [5.74, 6) is 0.191. The van der Waals surface area contributed by atoms with E-state index < -0.39 is 4.92 Å². The van der Waals surface area contributed by atoms with Crippen molar-refractivity contribution in [3.8, 4) is 5.75 Å². The number of hydrogen-bond donors (Lipinski definition) is 1. The summed E-state index contributed by atoms with van der Waals surface area (Å²) in [6.45, 7) is 0.384. The predicted molar refractivity (Wildman–Crippen MR) is 84.5 cm³/mol. The highest BCUT2D eigenvalue weighted by molar-refractivity contribution is 9.10. The molecule has 2 rings (SSSR count). The fourth-order valence-corrected chi connectivity index (χ4v) is 2.48. The average Bonchev–Trinajstić information content (AvgIpc) is 2.46. The van der Waals surface area contributed by atoms with Gasteiger partial charge in [-0.05, 0) is 23.8 Å². The van der Waals surface area contributed by atoms with Crippen molar-refractivity contribution < 1.29 is 9.66 Å². The number of ether oxygens (including phenoxy) is 1. The number of rotatable bonds is 5. The maximum Gasteiger partial charge on any atom is 0.311 e. The summed E-state index contributed by atoms with van der Waals surface area (Å²) < 4.78 is 6.38. The van der Waals surface area contributed by atoms with Gasteiger partial charge in [-0.15, -0.1) is 0 Å². The summed E-state index contributed by atoms with van der Waals surface area (Å²) in [6, 6.07) is 10.0. The molecule has 2 aromatic carbocycles. The number of nitro groups is 1. The Bertz CT molecular complexity index is 679. The lowest BCUT2D eigenvalue weighted by Gasteiger charge is -2.09. The Balaban J connectivity index is 2.21. The molecule has 0 unspecified atom stereocenters. The summed E-state index contributed by atoms with van der Waals surface area (Å²) >= 11 is 9.40. The molecule has 0 spiro atoms. The van der Waals surface area contributed by atoms with Crippen LogP contribution in [0.15, 0.2) is 40.9 Å². The van der Waals surface area contributed by atoms with E-state index in [-0.39, 0.29) is 24.6 Å². The van der Waals surface area contributed by atoms with Crippen molar-refractivity contribution in [1.29, 1.82) is 0 Å². The minimum atomic E-state index is -0.488. The molecule has 0 amide bonds. The lowest BCUT2D eigenvalue weighted by molar-refractivity contribution is -0.386. The Morgan fingerprint density at radius 1 is 1.29 bits per heavy atom. The second-order valence-corrected chi connectivity index (χ2v) is 5.61. The molecule has 0 saturated carbocycles. The molecule has 0 aliphatic carbocycles. The molecule has 0 saturated heterocycles. The molecular formula is C14H12BrClN2O3. The molecule has 5 nitrogen and oxygen atoms in total. The first-order chi connectivity index (χ1) is 10.0. The molecule has 0 heterocycles. The smallest absolute Gasteiger partial charge is 0.311 e. The number of halogens is 2. The molecule has 2 N–H and O–H groups in total. The summed E-state index contributed by atoms with van der Waals surface area (Å²) in [4.78, 5) is 10.6. The third-order valence-corrected chi connectivity index (χ3v) is 3.70. The van der Waals surface area contributed by atoms with Gasteiger partial charge in [0.05, 0.1) is 4.92 Å². The summed E-state index contributed by atoms with van der Waals surface area (Å²) in [5, 5.41) is 11.6. The fourth-order valence-electron chi connectivity index (χ4n) is 1.75. The minimum absolute atomic E-state index is 0.105. The van der Waals surface area contributed by atoms with Crippen LogP contribution in [0.4, 0.5) is 5.69 Å². The largest absolute Gasteiger partial charge is 0.482 e. The van der Waals surface area contributed by atoms with Crippen LogP contribution in [0.25, 0.3) is 0 Å². The number of nitrogens with two attached hydrogens (primary N) is 1. The monoisotopic (exact) mass is 370 g/mol. The Kier molecular flexibility index (Phi) is 5.17. The molecule has 110 valence electrons. The Labute approximate surface area is 134 Å². The molecular weight excluding hydrogens is 360 g/mol. The van der Waals surface area contributed by atoms with Crippen LogP contribution >= 0.6 is 27.5 Å². The topological polar surface area (TPSA) is 78.4 Å². The van der Waals surface area contributed by atoms with Gasteiger partial charge in [0.2, 0.25) is 0 Å². The molecule has 0 aliphatic rings. The van der Waals surface area contributed by atoms with E-state index in [0.29, 0.717) is 10.6 Å². The first kappa shape index (κ1) is 15.8. The van der Waals surface area contributed by atoms with Crippen molar-refractivity contribution in [3.63, 3.8) is 0 Å². The molecule has 21 heavy (non-hydrogen) atoms. The molecule has 7 heteroatoms. The predicted octanol–water partition coefficient (Wildman–Crippen LogP) is 4.05. The van der Waals surface area contributed by atoms with Gasteiger partial charge in [-0.3, -0.25) is 10.1 Å². The molecule has 0 aliphatic heterocycles. The molecule has 2 aromatic rings. The molecule has 0 atom stereocenters. The van der Waals surface area contributed by atoms with Crippen molar-refractivity contribution in [2.75, 3.05) is 0 Å². The Hall–Kier alpha value is -1.63. The maximum absolute atomic E-state index is 11.1. The highest BCUT2D eigenvalue weighted by Crippen LogP contribution is 2.30. The van der Waals surface area contributed by atoms with Gasteiger partial charge in [0.15, 0.2) is 5.75 Å². The van der Waals surface area contributed by atoms with Crippen LogP contribution in [0.3, 0.4) is 0 Å². The zero-order chi connectivity index (χ0) is 15.4. The van der Waals surface area contributed by atoms with Crippen LogP contribution in [0, 0.1) is 10.1 Å². The highest BCUT2D eigenvalue weighted by Gasteiger charge is 2.16. The van der Waals surface area contributed by atoms with E-state index in [1.54, 1.807) is 24.3 Å². The number of nitrogens with zero attached hydrogens (tertiary/aromatic N) is 1. The van der Waals surface area contributed by atoms with Gasteiger partial charge in [0.25, 0.3) is 0 Å². The van der Waals surface area contributed by atoms with Crippen molar-refractivity contribution in [1.82, 2.24) is 0 Å². The highest BCUT2D eigenvalue weighted by atomic mass is 79.9. The normalized spacial score (nSPS) is 10.4. The van der Waals surface area contributed by atoms with Crippen molar-refractivity contribution in [3.05, 3.63) is 67.1 Å². The van der Waals surface area contributed by atoms with Crippen molar-refractivity contribution in [2.45, 2.75) is 13.2 Å². The van der Waals surface area contributed by atoms with Crippen LogP contribution in [-0.2, 0) is 13.2 Å². The standard InChI is InChI=1S/C14H12BrClN2O3/c15-11-3-2-10(12(16)6-11)8-21-14-4-1-9(7-17)5-13(14)18(19)20/h1-6H,7-8,17H2. The molecule has 0 aromatic heterocycles. The van der Waals surface area contributed by atoms with Gasteiger partial charge in [0.1, 0.15) is 6.61 Å². The number of hydrogen-bond acceptors (Lipinski definition) is 4. The minimum Gasteiger partial charge on any atom is -0.482 e. The van der Waals surface area contributed by atoms with E-state index in [0.717, 1.165) is 10.0 Å². The lowest BCUT2D eigenvalue weighted by Crippen LogP contribution is -2.02. The zero-order valence-corrected chi connectivity index (χ0v) is 13.2. The lowest BCUT2D eigenvalue weighted by atomic mass is 10.2. The van der Waals surface area contributed by atoms with Gasteiger partial charge in [0, 0.05) is 27.7 Å². The SMILES string of the molecule is NCc1ccc(OCc2ccc(Br)cc2Cl)c([N+](=O)[O-])c1. The molecule has 0 fully saturated rings. The molecule has 0 bridgehead atoms. The fraction of sp³-hybridized carbons (Fsp3) is 0.143. The Morgan fingerprint density at radius 3 is 2.67 bits per heavy atom. The van der Waals surface area contributed by atoms with Gasteiger partial charge < -0.3 is 10.5 Å². The average molecular weight is 372 g/mol.